The summed E-state index contributed by atoms with van der Waals surface area (Å²) in [7, 11) is 0. The molecule has 1 aliphatic rings. The van der Waals surface area contributed by atoms with Crippen LogP contribution >= 0.6 is 0 Å². The van der Waals surface area contributed by atoms with E-state index in [-0.39, 0.29) is 17.8 Å². The average Bonchev–Trinajstić information content (AvgIpc) is 2.96. The first-order valence-corrected chi connectivity index (χ1v) is 7.08. The van der Waals surface area contributed by atoms with Crippen LogP contribution in [0.2, 0.25) is 0 Å². The van der Waals surface area contributed by atoms with Crippen LogP contribution in [0.25, 0.3) is 0 Å². The fourth-order valence-corrected chi connectivity index (χ4v) is 2.49. The van der Waals surface area contributed by atoms with Gasteiger partial charge in [-0.15, -0.1) is 5.10 Å². The van der Waals surface area contributed by atoms with Crippen molar-refractivity contribution < 1.29 is 4.79 Å². The summed E-state index contributed by atoms with van der Waals surface area (Å²) in [4.78, 5) is 22.6. The van der Waals surface area contributed by atoms with E-state index >= 15 is 0 Å². The van der Waals surface area contributed by atoms with E-state index in [0.29, 0.717) is 5.82 Å². The van der Waals surface area contributed by atoms with Gasteiger partial charge < -0.3 is 10.2 Å². The fraction of sp³-hybridized carbons (Fsp3) is 0.429. The zero-order valence-corrected chi connectivity index (χ0v) is 11.9. The van der Waals surface area contributed by atoms with Gasteiger partial charge in [0, 0.05) is 25.3 Å². The Hall–Kier alpha value is -2.44. The molecule has 7 heteroatoms. The summed E-state index contributed by atoms with van der Waals surface area (Å²) >= 11 is 0. The van der Waals surface area contributed by atoms with Gasteiger partial charge in [0.05, 0.1) is 0 Å². The molecule has 1 amide bonds. The van der Waals surface area contributed by atoms with Crippen molar-refractivity contribution >= 4 is 11.7 Å². The molecule has 2 N–H and O–H groups in total. The smallest absolute Gasteiger partial charge is 0.291 e. The van der Waals surface area contributed by atoms with Gasteiger partial charge in [0.1, 0.15) is 11.6 Å². The molecule has 21 heavy (non-hydrogen) atoms. The van der Waals surface area contributed by atoms with Gasteiger partial charge in [0.25, 0.3) is 5.91 Å². The number of carbonyl (C=O) groups excluding carboxylic acids is 1. The van der Waals surface area contributed by atoms with E-state index in [1.165, 1.54) is 0 Å². The normalized spacial score (nSPS) is 16.0. The van der Waals surface area contributed by atoms with Crippen LogP contribution < -0.4 is 10.2 Å². The third-order valence-electron chi connectivity index (χ3n) is 3.60. The van der Waals surface area contributed by atoms with Crippen molar-refractivity contribution in [2.75, 3.05) is 18.0 Å². The van der Waals surface area contributed by atoms with Crippen LogP contribution in [0, 0.1) is 6.92 Å². The standard InChI is InChI=1S/C14H18N6O/c1-10-16-13(19-18-10)14(21)17-11-5-8-20(9-6-11)12-4-2-3-7-15-12/h2-4,7,11H,5-6,8-9H2,1H3,(H,17,21)(H,16,18,19). The summed E-state index contributed by atoms with van der Waals surface area (Å²) in [5, 5.41) is 9.54. The highest BCUT2D eigenvalue weighted by atomic mass is 16.2. The highest BCUT2D eigenvalue weighted by Crippen LogP contribution is 2.17. The molecule has 3 rings (SSSR count). The highest BCUT2D eigenvalue weighted by Gasteiger charge is 2.23. The van der Waals surface area contributed by atoms with Crippen molar-refractivity contribution in [2.24, 2.45) is 0 Å². The molecule has 0 unspecified atom stereocenters. The quantitative estimate of drug-likeness (QED) is 0.875. The number of rotatable bonds is 3. The number of hydrogen-bond acceptors (Lipinski definition) is 5. The Morgan fingerprint density at radius 1 is 1.38 bits per heavy atom. The number of nitrogens with one attached hydrogen (secondary N) is 2. The van der Waals surface area contributed by atoms with Crippen LogP contribution in [-0.4, -0.2) is 45.2 Å². The number of nitrogens with zero attached hydrogens (tertiary/aromatic N) is 4. The minimum absolute atomic E-state index is 0.163. The van der Waals surface area contributed by atoms with Gasteiger partial charge in [-0.3, -0.25) is 9.89 Å². The van der Waals surface area contributed by atoms with E-state index in [0.717, 1.165) is 31.7 Å². The van der Waals surface area contributed by atoms with Crippen molar-refractivity contribution in [2.45, 2.75) is 25.8 Å². The van der Waals surface area contributed by atoms with E-state index in [1.54, 1.807) is 13.1 Å². The first kappa shape index (κ1) is 13.5. The largest absolute Gasteiger partial charge is 0.356 e. The van der Waals surface area contributed by atoms with E-state index in [1.807, 2.05) is 18.2 Å². The average molecular weight is 286 g/mol. The Kier molecular flexibility index (Phi) is 3.81. The first-order valence-electron chi connectivity index (χ1n) is 7.08. The molecular formula is C14H18N6O. The molecule has 0 aromatic carbocycles. The van der Waals surface area contributed by atoms with Gasteiger partial charge in [0.15, 0.2) is 0 Å². The second-order valence-electron chi connectivity index (χ2n) is 5.17. The number of aryl methyl sites for hydroxylation is 1. The lowest BCUT2D eigenvalue weighted by Crippen LogP contribution is -2.45. The molecule has 110 valence electrons. The number of pyridine rings is 1. The molecule has 1 aliphatic heterocycles. The van der Waals surface area contributed by atoms with Crippen molar-refractivity contribution in [1.82, 2.24) is 25.5 Å². The van der Waals surface area contributed by atoms with Crippen LogP contribution in [0.5, 0.6) is 0 Å². The predicted molar refractivity (Wildman–Crippen MR) is 78.1 cm³/mol. The second kappa shape index (κ2) is 5.90. The molecule has 3 heterocycles. The van der Waals surface area contributed by atoms with E-state index in [9.17, 15) is 4.79 Å². The Bertz CT molecular complexity index is 603. The summed E-state index contributed by atoms with van der Waals surface area (Å²) in [5.41, 5.74) is 0. The summed E-state index contributed by atoms with van der Waals surface area (Å²) in [6, 6.07) is 6.07. The number of H-pyrrole nitrogens is 1. The van der Waals surface area contributed by atoms with Gasteiger partial charge >= 0.3 is 0 Å². The highest BCUT2D eigenvalue weighted by molar-refractivity contribution is 5.90. The molecule has 0 aliphatic carbocycles. The molecule has 2 aromatic rings. The third kappa shape index (κ3) is 3.18. The van der Waals surface area contributed by atoms with Crippen molar-refractivity contribution in [3.05, 3.63) is 36.0 Å². The number of aromatic nitrogens is 4. The van der Waals surface area contributed by atoms with Gasteiger partial charge in [-0.05, 0) is 31.9 Å². The molecule has 0 saturated carbocycles. The van der Waals surface area contributed by atoms with Crippen molar-refractivity contribution in [1.29, 1.82) is 0 Å². The molecule has 1 fully saturated rings. The van der Waals surface area contributed by atoms with E-state index in [2.05, 4.69) is 30.4 Å². The van der Waals surface area contributed by atoms with Crippen LogP contribution in [0.15, 0.2) is 24.4 Å². The van der Waals surface area contributed by atoms with Crippen LogP contribution in [0.1, 0.15) is 29.3 Å². The van der Waals surface area contributed by atoms with Gasteiger partial charge in [-0.25, -0.2) is 9.97 Å². The third-order valence-corrected chi connectivity index (χ3v) is 3.60. The van der Waals surface area contributed by atoms with Crippen LogP contribution in [0.3, 0.4) is 0 Å². The molecule has 0 bridgehead atoms. The Balaban J connectivity index is 1.53. The van der Waals surface area contributed by atoms with E-state index in [4.69, 9.17) is 0 Å². The predicted octanol–water partition coefficient (Wildman–Crippen LogP) is 0.907. The summed E-state index contributed by atoms with van der Waals surface area (Å²) in [6.45, 7) is 3.54. The van der Waals surface area contributed by atoms with Gasteiger partial charge in [0.2, 0.25) is 5.82 Å². The number of hydrogen-bond donors (Lipinski definition) is 2. The zero-order chi connectivity index (χ0) is 14.7. The maximum Gasteiger partial charge on any atom is 0.291 e. The lowest BCUT2D eigenvalue weighted by molar-refractivity contribution is 0.0921. The number of piperidine rings is 1. The molecule has 1 saturated heterocycles. The minimum Gasteiger partial charge on any atom is -0.356 e. The van der Waals surface area contributed by atoms with Crippen molar-refractivity contribution in [3.63, 3.8) is 0 Å². The van der Waals surface area contributed by atoms with Crippen molar-refractivity contribution in [3.8, 4) is 0 Å². The maximum absolute atomic E-state index is 12.0. The lowest BCUT2D eigenvalue weighted by atomic mass is 10.0. The van der Waals surface area contributed by atoms with Gasteiger partial charge in [-0.2, -0.15) is 0 Å². The summed E-state index contributed by atoms with van der Waals surface area (Å²) in [5.74, 6) is 1.63. The minimum atomic E-state index is -0.212. The molecule has 0 spiro atoms. The van der Waals surface area contributed by atoms with Crippen LogP contribution in [-0.2, 0) is 0 Å². The lowest BCUT2D eigenvalue weighted by Gasteiger charge is -2.32. The number of anilines is 1. The number of amides is 1. The second-order valence-corrected chi connectivity index (χ2v) is 5.17. The number of carbonyl (C=O) groups is 1. The van der Waals surface area contributed by atoms with Gasteiger partial charge in [-0.1, -0.05) is 6.07 Å². The first-order chi connectivity index (χ1) is 10.2. The Labute approximate surface area is 122 Å². The molecule has 0 radical (unpaired) electrons. The summed E-state index contributed by atoms with van der Waals surface area (Å²) in [6.07, 6.45) is 3.59. The Morgan fingerprint density at radius 3 is 2.81 bits per heavy atom. The summed E-state index contributed by atoms with van der Waals surface area (Å²) < 4.78 is 0. The topological polar surface area (TPSA) is 86.8 Å². The van der Waals surface area contributed by atoms with Crippen LogP contribution in [0.4, 0.5) is 5.82 Å². The number of aromatic amines is 1. The monoisotopic (exact) mass is 286 g/mol. The molecule has 7 nitrogen and oxygen atoms in total. The molecule has 0 atom stereocenters. The van der Waals surface area contributed by atoms with E-state index < -0.39 is 0 Å². The molecule has 2 aromatic heterocycles. The zero-order valence-electron chi connectivity index (χ0n) is 11.9. The molecular weight excluding hydrogens is 268 g/mol. The maximum atomic E-state index is 12.0. The SMILES string of the molecule is Cc1nc(C(=O)NC2CCN(c3ccccn3)CC2)n[nH]1. The Morgan fingerprint density at radius 2 is 2.19 bits per heavy atom. The fourth-order valence-electron chi connectivity index (χ4n) is 2.49.